The molecule has 3 heterocycles. The molecule has 4 rings (SSSR count). The normalized spacial score (nSPS) is 27.2. The Balaban J connectivity index is 1.89. The van der Waals surface area contributed by atoms with Gasteiger partial charge in [0.2, 0.25) is 5.91 Å². The van der Waals surface area contributed by atoms with Gasteiger partial charge in [-0.05, 0) is 43.0 Å². The van der Waals surface area contributed by atoms with E-state index < -0.39 is 0 Å². The van der Waals surface area contributed by atoms with Crippen LogP contribution in [0.15, 0.2) is 24.3 Å². The van der Waals surface area contributed by atoms with Gasteiger partial charge in [0.05, 0.1) is 18.6 Å². The van der Waals surface area contributed by atoms with Crippen LogP contribution in [0.25, 0.3) is 0 Å². The van der Waals surface area contributed by atoms with Crippen molar-refractivity contribution in [3.8, 4) is 5.75 Å². The summed E-state index contributed by atoms with van der Waals surface area (Å²) in [5, 5.41) is 3.09. The van der Waals surface area contributed by atoms with E-state index in [9.17, 15) is 4.79 Å². The largest absolute Gasteiger partial charge is 0.494 e. The van der Waals surface area contributed by atoms with E-state index in [1.54, 1.807) is 0 Å². The van der Waals surface area contributed by atoms with Crippen LogP contribution in [0, 0.1) is 11.3 Å². The molecule has 2 atom stereocenters. The van der Waals surface area contributed by atoms with E-state index in [-0.39, 0.29) is 17.2 Å². The predicted octanol–water partition coefficient (Wildman–Crippen LogP) is 2.44. The van der Waals surface area contributed by atoms with Crippen molar-refractivity contribution in [2.45, 2.75) is 33.2 Å². The molecular weight excluding hydrogens is 264 g/mol. The van der Waals surface area contributed by atoms with E-state index in [4.69, 9.17) is 4.74 Å². The zero-order valence-electron chi connectivity index (χ0n) is 13.1. The van der Waals surface area contributed by atoms with Gasteiger partial charge < -0.3 is 15.0 Å². The van der Waals surface area contributed by atoms with Crippen LogP contribution in [0.2, 0.25) is 0 Å². The Morgan fingerprint density at radius 3 is 2.71 bits per heavy atom. The first kappa shape index (κ1) is 14.2. The van der Waals surface area contributed by atoms with Crippen LogP contribution < -0.4 is 15.0 Å². The number of anilines is 1. The maximum atomic E-state index is 12.1. The molecule has 1 aromatic carbocycles. The van der Waals surface area contributed by atoms with Crippen molar-refractivity contribution in [1.82, 2.24) is 5.32 Å². The molecule has 3 aliphatic rings. The number of benzene rings is 1. The number of carbonyl (C=O) groups excluding carboxylic acids is 1. The van der Waals surface area contributed by atoms with Crippen LogP contribution in [-0.4, -0.2) is 31.6 Å². The fourth-order valence-electron chi connectivity index (χ4n) is 3.71. The van der Waals surface area contributed by atoms with E-state index in [1.807, 2.05) is 19.1 Å². The number of ether oxygens (including phenoxy) is 1. The maximum Gasteiger partial charge on any atom is 0.224 e. The summed E-state index contributed by atoms with van der Waals surface area (Å²) in [4.78, 5) is 14.5. The highest BCUT2D eigenvalue weighted by Crippen LogP contribution is 2.41. The molecule has 0 aliphatic carbocycles. The van der Waals surface area contributed by atoms with E-state index in [0.29, 0.717) is 12.6 Å². The van der Waals surface area contributed by atoms with Crippen molar-refractivity contribution in [3.05, 3.63) is 24.3 Å². The molecule has 0 unspecified atom stereocenters. The Labute approximate surface area is 126 Å². The SMILES string of the molecule is CCOc1ccc(N2C[C@@H]3CC(C)(C)[C@H]2CNC3=O)cc1. The smallest absolute Gasteiger partial charge is 0.224 e. The molecule has 1 aromatic rings. The van der Waals surface area contributed by atoms with Gasteiger partial charge in [-0.1, -0.05) is 13.8 Å². The Bertz CT molecular complexity index is 524. The second kappa shape index (κ2) is 5.24. The summed E-state index contributed by atoms with van der Waals surface area (Å²) < 4.78 is 5.51. The number of carbonyl (C=O) groups is 1. The van der Waals surface area contributed by atoms with Crippen LogP contribution in [0.3, 0.4) is 0 Å². The summed E-state index contributed by atoms with van der Waals surface area (Å²) in [5.74, 6) is 1.19. The highest BCUT2D eigenvalue weighted by atomic mass is 16.5. The first-order chi connectivity index (χ1) is 10.0. The Morgan fingerprint density at radius 2 is 2.05 bits per heavy atom. The molecule has 0 radical (unpaired) electrons. The third kappa shape index (κ3) is 2.59. The van der Waals surface area contributed by atoms with Crippen LogP contribution in [0.4, 0.5) is 5.69 Å². The molecule has 114 valence electrons. The van der Waals surface area contributed by atoms with Gasteiger partial charge in [-0.25, -0.2) is 0 Å². The molecule has 0 saturated carbocycles. The summed E-state index contributed by atoms with van der Waals surface area (Å²) in [5.41, 5.74) is 1.32. The van der Waals surface area contributed by atoms with Gasteiger partial charge in [0.1, 0.15) is 5.75 Å². The number of hydrogen-bond acceptors (Lipinski definition) is 3. The minimum absolute atomic E-state index is 0.0883. The Morgan fingerprint density at radius 1 is 1.33 bits per heavy atom. The third-order valence-corrected chi connectivity index (χ3v) is 4.79. The molecule has 2 bridgehead atoms. The number of nitrogens with one attached hydrogen (secondary N) is 1. The van der Waals surface area contributed by atoms with E-state index in [2.05, 4.69) is 36.2 Å². The lowest BCUT2D eigenvalue weighted by molar-refractivity contribution is -0.124. The number of hydrogen-bond donors (Lipinski definition) is 1. The van der Waals surface area contributed by atoms with E-state index in [1.165, 1.54) is 5.69 Å². The molecule has 3 aliphatic heterocycles. The van der Waals surface area contributed by atoms with E-state index in [0.717, 1.165) is 25.3 Å². The lowest BCUT2D eigenvalue weighted by Gasteiger charge is -2.47. The number of piperidine rings is 1. The molecule has 4 heteroatoms. The summed E-state index contributed by atoms with van der Waals surface area (Å²) in [7, 11) is 0. The van der Waals surface area contributed by atoms with Crippen molar-refractivity contribution in [1.29, 1.82) is 0 Å². The second-order valence-corrected chi connectivity index (χ2v) is 6.73. The average molecular weight is 288 g/mol. The van der Waals surface area contributed by atoms with Gasteiger partial charge in [-0.3, -0.25) is 4.79 Å². The summed E-state index contributed by atoms with van der Waals surface area (Å²) >= 11 is 0. The second-order valence-electron chi connectivity index (χ2n) is 6.73. The maximum absolute atomic E-state index is 12.1. The summed E-state index contributed by atoms with van der Waals surface area (Å²) in [6.45, 7) is 8.75. The Hall–Kier alpha value is -1.71. The van der Waals surface area contributed by atoms with E-state index >= 15 is 0 Å². The minimum Gasteiger partial charge on any atom is -0.494 e. The number of nitrogens with zero attached hydrogens (tertiary/aromatic N) is 1. The van der Waals surface area contributed by atoms with Crippen molar-refractivity contribution >= 4 is 11.6 Å². The van der Waals surface area contributed by atoms with Gasteiger partial charge in [-0.2, -0.15) is 0 Å². The van der Waals surface area contributed by atoms with Gasteiger partial charge in [-0.15, -0.1) is 0 Å². The monoisotopic (exact) mass is 288 g/mol. The molecule has 3 saturated heterocycles. The van der Waals surface area contributed by atoms with Gasteiger partial charge in [0.15, 0.2) is 0 Å². The van der Waals surface area contributed by atoms with Crippen LogP contribution in [-0.2, 0) is 4.79 Å². The minimum atomic E-state index is 0.0883. The first-order valence-electron chi connectivity index (χ1n) is 7.78. The van der Waals surface area contributed by atoms with Crippen molar-refractivity contribution < 1.29 is 9.53 Å². The molecule has 0 aromatic heterocycles. The topological polar surface area (TPSA) is 41.6 Å². The Kier molecular flexibility index (Phi) is 3.56. The molecule has 21 heavy (non-hydrogen) atoms. The average Bonchev–Trinajstić information content (AvgIpc) is 2.66. The van der Waals surface area contributed by atoms with Crippen molar-refractivity contribution in [3.63, 3.8) is 0 Å². The summed E-state index contributed by atoms with van der Waals surface area (Å²) in [6, 6.07) is 8.58. The van der Waals surface area contributed by atoms with Crippen LogP contribution >= 0.6 is 0 Å². The van der Waals surface area contributed by atoms with Gasteiger partial charge in [0.25, 0.3) is 0 Å². The lowest BCUT2D eigenvalue weighted by atomic mass is 9.73. The summed E-state index contributed by atoms with van der Waals surface area (Å²) in [6.07, 6.45) is 0.969. The van der Waals surface area contributed by atoms with Crippen LogP contribution in [0.5, 0.6) is 5.75 Å². The van der Waals surface area contributed by atoms with Crippen LogP contribution in [0.1, 0.15) is 27.2 Å². The zero-order valence-corrected chi connectivity index (χ0v) is 13.1. The predicted molar refractivity (Wildman–Crippen MR) is 83.6 cm³/mol. The molecule has 3 fully saturated rings. The number of amides is 1. The molecule has 1 N–H and O–H groups in total. The standard InChI is InChI=1S/C17H24N2O2/c1-4-21-14-7-5-13(6-8-14)19-11-12-9-17(2,3)15(19)10-18-16(12)20/h5-8,12,15H,4,9-11H2,1-3H3,(H,18,20)/t12-,15+/m0/s1. The first-order valence-corrected chi connectivity index (χ1v) is 7.78. The third-order valence-electron chi connectivity index (χ3n) is 4.79. The number of rotatable bonds is 3. The molecule has 1 amide bonds. The molecular formula is C17H24N2O2. The van der Waals surface area contributed by atoms with Crippen molar-refractivity contribution in [2.24, 2.45) is 11.3 Å². The van der Waals surface area contributed by atoms with Crippen molar-refractivity contribution in [2.75, 3.05) is 24.6 Å². The number of fused-ring (bicyclic) bond motifs is 4. The molecule has 4 nitrogen and oxygen atoms in total. The quantitative estimate of drug-likeness (QED) is 0.929. The fraction of sp³-hybridized carbons (Fsp3) is 0.588. The van der Waals surface area contributed by atoms with Gasteiger partial charge >= 0.3 is 0 Å². The fourth-order valence-corrected chi connectivity index (χ4v) is 3.71. The zero-order chi connectivity index (χ0) is 15.0. The molecule has 0 spiro atoms. The highest BCUT2D eigenvalue weighted by molar-refractivity contribution is 5.81. The highest BCUT2D eigenvalue weighted by Gasteiger charge is 2.46. The lowest BCUT2D eigenvalue weighted by Crippen LogP contribution is -2.53. The van der Waals surface area contributed by atoms with Gasteiger partial charge in [0, 0.05) is 18.8 Å².